The largest absolute Gasteiger partial charge is 0.361 e. The lowest BCUT2D eigenvalue weighted by molar-refractivity contribution is 0.384. The number of aromatic nitrogens is 1. The summed E-state index contributed by atoms with van der Waals surface area (Å²) in [5.74, 6) is 0.953. The minimum Gasteiger partial charge on any atom is -0.361 e. The van der Waals surface area contributed by atoms with Crippen LogP contribution in [0.5, 0.6) is 0 Å². The highest BCUT2D eigenvalue weighted by Crippen LogP contribution is 2.24. The molecule has 100 valence electrons. The normalized spacial score (nSPS) is 10.7. The molecular weight excluding hydrogens is 246 g/mol. The Labute approximate surface area is 119 Å². The second kappa shape index (κ2) is 5.74. The van der Waals surface area contributed by atoms with Crippen LogP contribution in [0.2, 0.25) is 0 Å². The van der Waals surface area contributed by atoms with Crippen LogP contribution in [0.25, 0.3) is 22.4 Å². The van der Waals surface area contributed by atoms with E-state index < -0.39 is 0 Å². The summed E-state index contributed by atoms with van der Waals surface area (Å²) in [4.78, 5) is 0. The first-order chi connectivity index (χ1) is 9.86. The van der Waals surface area contributed by atoms with E-state index in [0.29, 0.717) is 0 Å². The molecule has 0 saturated heterocycles. The van der Waals surface area contributed by atoms with Crippen LogP contribution in [0, 0.1) is 0 Å². The Bertz CT molecular complexity index is 668. The lowest BCUT2D eigenvalue weighted by Gasteiger charge is -2.02. The van der Waals surface area contributed by atoms with Crippen LogP contribution in [0.15, 0.2) is 65.2 Å². The van der Waals surface area contributed by atoms with Crippen molar-refractivity contribution < 1.29 is 4.52 Å². The third-order valence-corrected chi connectivity index (χ3v) is 3.34. The van der Waals surface area contributed by atoms with Gasteiger partial charge in [0, 0.05) is 18.1 Å². The Morgan fingerprint density at radius 3 is 2.20 bits per heavy atom. The van der Waals surface area contributed by atoms with Gasteiger partial charge in [0.2, 0.25) is 0 Å². The van der Waals surface area contributed by atoms with Crippen LogP contribution in [0.1, 0.15) is 19.1 Å². The molecule has 0 saturated carbocycles. The van der Waals surface area contributed by atoms with Crippen molar-refractivity contribution in [1.29, 1.82) is 0 Å². The van der Waals surface area contributed by atoms with Gasteiger partial charge in [-0.2, -0.15) is 0 Å². The van der Waals surface area contributed by atoms with Crippen LogP contribution in [-0.4, -0.2) is 5.16 Å². The van der Waals surface area contributed by atoms with Gasteiger partial charge in [0.1, 0.15) is 11.5 Å². The van der Waals surface area contributed by atoms with E-state index in [1.165, 1.54) is 11.1 Å². The summed E-state index contributed by atoms with van der Waals surface area (Å²) in [5, 5.41) is 4.13. The number of nitrogens with zero attached hydrogens (tertiary/aromatic N) is 1. The predicted octanol–water partition coefficient (Wildman–Crippen LogP) is 4.96. The molecule has 0 aliphatic carbocycles. The monoisotopic (exact) mass is 263 g/mol. The Hall–Kier alpha value is -2.35. The Kier molecular flexibility index (Phi) is 3.64. The zero-order valence-corrected chi connectivity index (χ0v) is 11.5. The second-order valence-electron chi connectivity index (χ2n) is 4.87. The summed E-state index contributed by atoms with van der Waals surface area (Å²) in [6, 6.07) is 20.8. The van der Waals surface area contributed by atoms with E-state index in [2.05, 4.69) is 60.6 Å². The van der Waals surface area contributed by atoms with Gasteiger partial charge in [-0.05, 0) is 17.5 Å². The molecule has 2 nitrogen and oxygen atoms in total. The van der Waals surface area contributed by atoms with E-state index in [4.69, 9.17) is 4.52 Å². The molecule has 3 rings (SSSR count). The van der Waals surface area contributed by atoms with Crippen molar-refractivity contribution in [2.45, 2.75) is 19.8 Å². The first-order valence-corrected chi connectivity index (χ1v) is 6.98. The zero-order chi connectivity index (χ0) is 13.8. The fourth-order valence-electron chi connectivity index (χ4n) is 2.28. The number of hydrogen-bond acceptors (Lipinski definition) is 2. The third-order valence-electron chi connectivity index (χ3n) is 3.34. The van der Waals surface area contributed by atoms with E-state index in [-0.39, 0.29) is 0 Å². The van der Waals surface area contributed by atoms with Gasteiger partial charge in [-0.25, -0.2) is 0 Å². The number of aryl methyl sites for hydroxylation is 1. The van der Waals surface area contributed by atoms with Crippen molar-refractivity contribution in [1.82, 2.24) is 5.16 Å². The van der Waals surface area contributed by atoms with Gasteiger partial charge >= 0.3 is 0 Å². The van der Waals surface area contributed by atoms with Gasteiger partial charge in [-0.15, -0.1) is 0 Å². The molecule has 0 atom stereocenters. The van der Waals surface area contributed by atoms with Crippen LogP contribution in [-0.2, 0) is 6.42 Å². The summed E-state index contributed by atoms with van der Waals surface area (Å²) < 4.78 is 5.32. The highest BCUT2D eigenvalue weighted by Gasteiger charge is 2.06. The van der Waals surface area contributed by atoms with Crippen molar-refractivity contribution in [2.75, 3.05) is 0 Å². The average Bonchev–Trinajstić information content (AvgIpc) is 2.97. The molecule has 1 heterocycles. The predicted molar refractivity (Wildman–Crippen MR) is 81.4 cm³/mol. The van der Waals surface area contributed by atoms with Gasteiger partial charge in [-0.1, -0.05) is 66.7 Å². The van der Waals surface area contributed by atoms with Gasteiger partial charge < -0.3 is 4.52 Å². The molecule has 2 heteroatoms. The summed E-state index contributed by atoms with van der Waals surface area (Å²) >= 11 is 0. The van der Waals surface area contributed by atoms with E-state index in [9.17, 15) is 0 Å². The Morgan fingerprint density at radius 1 is 0.850 bits per heavy atom. The molecule has 0 N–H and O–H groups in total. The Balaban J connectivity index is 1.85. The molecule has 0 amide bonds. The summed E-state index contributed by atoms with van der Waals surface area (Å²) in [6.45, 7) is 2.14. The van der Waals surface area contributed by atoms with Gasteiger partial charge in [0.25, 0.3) is 0 Å². The first kappa shape index (κ1) is 12.7. The van der Waals surface area contributed by atoms with E-state index in [0.717, 1.165) is 29.9 Å². The van der Waals surface area contributed by atoms with Crippen LogP contribution < -0.4 is 0 Å². The maximum Gasteiger partial charge on any atom is 0.137 e. The lowest BCUT2D eigenvalue weighted by atomic mass is 10.0. The molecule has 2 aromatic carbocycles. The molecule has 0 bridgehead atoms. The summed E-state index contributed by atoms with van der Waals surface area (Å²) in [6.07, 6.45) is 2.01. The number of rotatable bonds is 4. The molecule has 0 unspecified atom stereocenters. The molecule has 1 aromatic heterocycles. The average molecular weight is 263 g/mol. The van der Waals surface area contributed by atoms with E-state index in [1.54, 1.807) is 0 Å². The standard InChI is InChI=1S/C18H17NO/c1-2-6-17-13-18(19-20-17)16-11-9-15(10-12-16)14-7-4-3-5-8-14/h3-5,7-13H,2,6H2,1H3. The molecule has 0 aliphatic rings. The zero-order valence-electron chi connectivity index (χ0n) is 11.5. The maximum absolute atomic E-state index is 5.32. The van der Waals surface area contributed by atoms with Crippen molar-refractivity contribution in [3.8, 4) is 22.4 Å². The Morgan fingerprint density at radius 2 is 1.50 bits per heavy atom. The van der Waals surface area contributed by atoms with Crippen molar-refractivity contribution in [3.63, 3.8) is 0 Å². The van der Waals surface area contributed by atoms with Gasteiger partial charge in [0.05, 0.1) is 0 Å². The molecule has 0 spiro atoms. The van der Waals surface area contributed by atoms with Crippen LogP contribution in [0.3, 0.4) is 0 Å². The smallest absolute Gasteiger partial charge is 0.137 e. The van der Waals surface area contributed by atoms with Crippen molar-refractivity contribution >= 4 is 0 Å². The van der Waals surface area contributed by atoms with Crippen molar-refractivity contribution in [2.24, 2.45) is 0 Å². The van der Waals surface area contributed by atoms with E-state index >= 15 is 0 Å². The second-order valence-corrected chi connectivity index (χ2v) is 4.87. The SMILES string of the molecule is CCCc1cc(-c2ccc(-c3ccccc3)cc2)no1. The molecule has 0 aliphatic heterocycles. The lowest BCUT2D eigenvalue weighted by Crippen LogP contribution is -1.80. The topological polar surface area (TPSA) is 26.0 Å². The first-order valence-electron chi connectivity index (χ1n) is 6.98. The van der Waals surface area contributed by atoms with Crippen LogP contribution in [0.4, 0.5) is 0 Å². The highest BCUT2D eigenvalue weighted by molar-refractivity contribution is 5.68. The molecule has 0 fully saturated rings. The fraction of sp³-hybridized carbons (Fsp3) is 0.167. The number of hydrogen-bond donors (Lipinski definition) is 0. The minimum atomic E-state index is 0.910. The molecular formula is C18H17NO. The summed E-state index contributed by atoms with van der Waals surface area (Å²) in [7, 11) is 0. The van der Waals surface area contributed by atoms with Gasteiger partial charge in [-0.3, -0.25) is 0 Å². The maximum atomic E-state index is 5.32. The van der Waals surface area contributed by atoms with Gasteiger partial charge in [0.15, 0.2) is 0 Å². The quantitative estimate of drug-likeness (QED) is 0.664. The van der Waals surface area contributed by atoms with Crippen molar-refractivity contribution in [3.05, 3.63) is 66.4 Å². The fourth-order valence-corrected chi connectivity index (χ4v) is 2.28. The van der Waals surface area contributed by atoms with Crippen LogP contribution >= 0.6 is 0 Å². The molecule has 3 aromatic rings. The summed E-state index contributed by atoms with van der Waals surface area (Å²) in [5.41, 5.74) is 4.45. The number of benzene rings is 2. The molecule has 20 heavy (non-hydrogen) atoms. The highest BCUT2D eigenvalue weighted by atomic mass is 16.5. The van der Waals surface area contributed by atoms with E-state index in [1.807, 2.05) is 12.1 Å². The minimum absolute atomic E-state index is 0.910. The molecule has 0 radical (unpaired) electrons. The third kappa shape index (κ3) is 2.64.